The van der Waals surface area contributed by atoms with Gasteiger partial charge in [-0.3, -0.25) is 4.90 Å². The Morgan fingerprint density at radius 3 is 2.76 bits per heavy atom. The summed E-state index contributed by atoms with van der Waals surface area (Å²) in [5, 5.41) is 22.6. The van der Waals surface area contributed by atoms with E-state index in [0.717, 1.165) is 47.9 Å². The van der Waals surface area contributed by atoms with Gasteiger partial charge in [0.25, 0.3) is 0 Å². The average Bonchev–Trinajstić information content (AvgIpc) is 3.09. The first-order valence-corrected chi connectivity index (χ1v) is 10.3. The van der Waals surface area contributed by atoms with E-state index in [1.165, 1.54) is 16.9 Å². The largest absolute Gasteiger partial charge is 0.391 e. The molecule has 0 bridgehead atoms. The lowest BCUT2D eigenvalue weighted by Gasteiger charge is -2.28. The molecular weight excluding hydrogens is 356 g/mol. The highest BCUT2D eigenvalue weighted by Crippen LogP contribution is 2.28. The van der Waals surface area contributed by atoms with Gasteiger partial charge >= 0.3 is 0 Å². The number of aliphatic hydroxyl groups excluding tert-OH is 1. The molecule has 1 fully saturated rings. The summed E-state index contributed by atoms with van der Waals surface area (Å²) in [6, 6.07) is 8.33. The first-order valence-electron chi connectivity index (χ1n) is 8.53. The van der Waals surface area contributed by atoms with Crippen LogP contribution < -0.4 is 5.32 Å². The zero-order chi connectivity index (χ0) is 17.5. The van der Waals surface area contributed by atoms with Crippen LogP contribution >= 0.6 is 23.1 Å². The fourth-order valence-corrected chi connectivity index (χ4v) is 4.28. The monoisotopic (exact) mass is 380 g/mol. The van der Waals surface area contributed by atoms with Gasteiger partial charge in [0.05, 0.1) is 19.3 Å². The lowest BCUT2D eigenvalue weighted by Crippen LogP contribution is -2.41. The van der Waals surface area contributed by atoms with Gasteiger partial charge in [-0.15, -0.1) is 10.2 Å². The van der Waals surface area contributed by atoms with Crippen molar-refractivity contribution in [1.29, 1.82) is 0 Å². The second kappa shape index (κ2) is 9.49. The van der Waals surface area contributed by atoms with Gasteiger partial charge in [0, 0.05) is 31.1 Å². The molecule has 1 aliphatic rings. The van der Waals surface area contributed by atoms with E-state index in [9.17, 15) is 5.11 Å². The third kappa shape index (κ3) is 5.93. The fraction of sp³-hybridized carbons (Fsp3) is 0.529. The lowest BCUT2D eigenvalue weighted by atomic mass is 10.1. The number of aliphatic hydroxyl groups is 1. The zero-order valence-corrected chi connectivity index (χ0v) is 16.0. The van der Waals surface area contributed by atoms with Gasteiger partial charge in [-0.25, -0.2) is 0 Å². The number of ether oxygens (including phenoxy) is 1. The van der Waals surface area contributed by atoms with E-state index in [1.807, 2.05) is 0 Å². The maximum atomic E-state index is 10.2. The van der Waals surface area contributed by atoms with Crippen LogP contribution in [0.4, 0.5) is 10.8 Å². The predicted molar refractivity (Wildman–Crippen MR) is 103 cm³/mol. The number of nitrogens with zero attached hydrogens (tertiary/aromatic N) is 3. The number of hydrogen-bond donors (Lipinski definition) is 2. The number of β-amino-alcohol motifs (C(OH)–C–C–N with tert-alkyl or cyclic N) is 1. The van der Waals surface area contributed by atoms with Crippen LogP contribution in [0.15, 0.2) is 28.6 Å². The molecule has 2 aromatic rings. The van der Waals surface area contributed by atoms with Gasteiger partial charge in [-0.05, 0) is 24.1 Å². The molecular formula is C17H24N4O2S2. The van der Waals surface area contributed by atoms with Crippen LogP contribution in [0.25, 0.3) is 0 Å². The van der Waals surface area contributed by atoms with Gasteiger partial charge < -0.3 is 15.2 Å². The normalized spacial score (nSPS) is 16.7. The molecule has 3 rings (SSSR count). The van der Waals surface area contributed by atoms with Crippen molar-refractivity contribution in [1.82, 2.24) is 15.1 Å². The minimum Gasteiger partial charge on any atom is -0.391 e. The highest BCUT2D eigenvalue weighted by atomic mass is 32.2. The number of morpholine rings is 1. The maximum absolute atomic E-state index is 10.2. The molecule has 2 heterocycles. The average molecular weight is 381 g/mol. The Labute approximate surface area is 156 Å². The van der Waals surface area contributed by atoms with E-state index in [0.29, 0.717) is 12.3 Å². The first-order chi connectivity index (χ1) is 12.2. The molecule has 1 aromatic carbocycles. The topological polar surface area (TPSA) is 70.5 Å². The molecule has 25 heavy (non-hydrogen) atoms. The quantitative estimate of drug-likeness (QED) is 0.682. The van der Waals surface area contributed by atoms with Crippen molar-refractivity contribution in [2.45, 2.75) is 23.8 Å². The Balaban J connectivity index is 1.44. The first kappa shape index (κ1) is 18.6. The van der Waals surface area contributed by atoms with Crippen molar-refractivity contribution in [2.75, 3.05) is 43.9 Å². The van der Waals surface area contributed by atoms with Crippen LogP contribution in [0.3, 0.4) is 0 Å². The second-order valence-corrected chi connectivity index (χ2v) is 8.17. The molecule has 2 N–H and O–H groups in total. The Kier molecular flexibility index (Phi) is 7.06. The van der Waals surface area contributed by atoms with E-state index >= 15 is 0 Å². The molecule has 136 valence electrons. The van der Waals surface area contributed by atoms with E-state index in [-0.39, 0.29) is 6.10 Å². The molecule has 1 atom stereocenters. The molecule has 0 spiro atoms. The Hall–Kier alpha value is -1.19. The minimum atomic E-state index is -0.370. The highest BCUT2D eigenvalue weighted by Gasteiger charge is 2.16. The number of hydrogen-bond acceptors (Lipinski definition) is 8. The van der Waals surface area contributed by atoms with Gasteiger partial charge in [-0.2, -0.15) is 0 Å². The smallest absolute Gasteiger partial charge is 0.210 e. The molecule has 1 aliphatic heterocycles. The number of rotatable bonds is 8. The molecule has 0 saturated carbocycles. The van der Waals surface area contributed by atoms with Crippen LogP contribution in [0.2, 0.25) is 0 Å². The number of aryl methyl sites for hydroxylation is 1. The van der Waals surface area contributed by atoms with Gasteiger partial charge in [-0.1, -0.05) is 42.2 Å². The number of aromatic nitrogens is 2. The molecule has 0 amide bonds. The summed E-state index contributed by atoms with van der Waals surface area (Å²) in [6.07, 6.45) is 0.664. The molecule has 0 unspecified atom stereocenters. The maximum Gasteiger partial charge on any atom is 0.210 e. The molecule has 8 heteroatoms. The molecule has 0 aliphatic carbocycles. The van der Waals surface area contributed by atoms with E-state index in [2.05, 4.69) is 51.6 Å². The van der Waals surface area contributed by atoms with Gasteiger partial charge in [0.2, 0.25) is 5.13 Å². The van der Waals surface area contributed by atoms with Crippen molar-refractivity contribution >= 4 is 33.9 Å². The van der Waals surface area contributed by atoms with Crippen LogP contribution in [0.1, 0.15) is 12.5 Å². The highest BCUT2D eigenvalue weighted by molar-refractivity contribution is 8.01. The van der Waals surface area contributed by atoms with E-state index < -0.39 is 0 Å². The summed E-state index contributed by atoms with van der Waals surface area (Å²) in [5.41, 5.74) is 2.32. The van der Waals surface area contributed by atoms with Crippen molar-refractivity contribution in [3.8, 4) is 0 Å². The Morgan fingerprint density at radius 2 is 2.04 bits per heavy atom. The molecule has 0 radical (unpaired) electrons. The van der Waals surface area contributed by atoms with Crippen molar-refractivity contribution in [3.63, 3.8) is 0 Å². The van der Waals surface area contributed by atoms with Crippen LogP contribution in [0, 0.1) is 0 Å². The third-order valence-corrected chi connectivity index (χ3v) is 6.11. The van der Waals surface area contributed by atoms with Crippen molar-refractivity contribution in [2.24, 2.45) is 0 Å². The summed E-state index contributed by atoms with van der Waals surface area (Å²) in [7, 11) is 0. The summed E-state index contributed by atoms with van der Waals surface area (Å²) in [4.78, 5) is 2.24. The predicted octanol–water partition coefficient (Wildman–Crippen LogP) is 2.63. The summed E-state index contributed by atoms with van der Waals surface area (Å²) in [6.45, 7) is 6.13. The number of thioether (sulfide) groups is 1. The van der Waals surface area contributed by atoms with Crippen LogP contribution in [-0.2, 0) is 11.2 Å². The number of nitrogens with one attached hydrogen (secondary N) is 1. The SMILES string of the molecule is CCc1ccc(Nc2nnc(SC[C@@H](O)CN3CCOCC3)s2)cc1. The van der Waals surface area contributed by atoms with Crippen LogP contribution in [0.5, 0.6) is 0 Å². The second-order valence-electron chi connectivity index (χ2n) is 5.93. The molecule has 1 saturated heterocycles. The Morgan fingerprint density at radius 1 is 1.28 bits per heavy atom. The van der Waals surface area contributed by atoms with Crippen LogP contribution in [-0.4, -0.2) is 64.9 Å². The Bertz CT molecular complexity index is 644. The van der Waals surface area contributed by atoms with Gasteiger partial charge in [0.1, 0.15) is 0 Å². The number of benzene rings is 1. The minimum absolute atomic E-state index is 0.370. The lowest BCUT2D eigenvalue weighted by molar-refractivity contribution is 0.0188. The number of anilines is 2. The standard InChI is InChI=1S/C17H24N4O2S2/c1-2-13-3-5-14(6-4-13)18-16-19-20-17(25-16)24-12-15(22)11-21-7-9-23-10-8-21/h3-6,15,22H,2,7-12H2,1H3,(H,18,19)/t15-/m0/s1. The fourth-order valence-electron chi connectivity index (χ4n) is 2.57. The molecule has 6 nitrogen and oxygen atoms in total. The van der Waals surface area contributed by atoms with Gasteiger partial charge in [0.15, 0.2) is 4.34 Å². The van der Waals surface area contributed by atoms with Crippen molar-refractivity contribution < 1.29 is 9.84 Å². The summed E-state index contributed by atoms with van der Waals surface area (Å²) < 4.78 is 6.19. The van der Waals surface area contributed by atoms with E-state index in [4.69, 9.17) is 4.74 Å². The summed E-state index contributed by atoms with van der Waals surface area (Å²) in [5.74, 6) is 0.622. The van der Waals surface area contributed by atoms with E-state index in [1.54, 1.807) is 11.8 Å². The third-order valence-electron chi connectivity index (χ3n) is 3.99. The summed E-state index contributed by atoms with van der Waals surface area (Å²) >= 11 is 3.06. The zero-order valence-electron chi connectivity index (χ0n) is 14.4. The van der Waals surface area contributed by atoms with Crippen molar-refractivity contribution in [3.05, 3.63) is 29.8 Å². The molecule has 1 aromatic heterocycles.